The third-order valence-electron chi connectivity index (χ3n) is 2.70. The lowest BCUT2D eigenvalue weighted by Crippen LogP contribution is -2.01. The highest BCUT2D eigenvalue weighted by Crippen LogP contribution is 2.24. The Morgan fingerprint density at radius 2 is 2.24 bits per heavy atom. The molecule has 0 radical (unpaired) electrons. The summed E-state index contributed by atoms with van der Waals surface area (Å²) in [5.74, 6) is -0.910. The van der Waals surface area contributed by atoms with Gasteiger partial charge in [-0.15, -0.1) is 0 Å². The van der Waals surface area contributed by atoms with Gasteiger partial charge in [-0.1, -0.05) is 12.1 Å². The number of aromatic carboxylic acids is 1. The number of hydrogen-bond donors (Lipinski definition) is 1. The van der Waals surface area contributed by atoms with Gasteiger partial charge in [0.25, 0.3) is 0 Å². The molecule has 0 fully saturated rings. The Hall–Kier alpha value is -2.10. The molecule has 1 N–H and O–H groups in total. The lowest BCUT2D eigenvalue weighted by molar-refractivity contribution is 0.0697. The maximum absolute atomic E-state index is 10.9. The van der Waals surface area contributed by atoms with Gasteiger partial charge in [0.15, 0.2) is 0 Å². The first-order valence-electron chi connectivity index (χ1n) is 5.49. The van der Waals surface area contributed by atoms with Gasteiger partial charge in [-0.2, -0.15) is 5.10 Å². The molecule has 2 rings (SSSR count). The molecule has 4 heteroatoms. The average Bonchev–Trinajstić information content (AvgIpc) is 2.70. The highest BCUT2D eigenvalue weighted by Gasteiger charge is 2.11. The molecule has 0 spiro atoms. The Morgan fingerprint density at radius 1 is 1.47 bits per heavy atom. The SMILES string of the molecule is CCn1ncc(C)c1-c1cccc(C(=O)O)c1. The molecule has 1 aromatic carbocycles. The highest BCUT2D eigenvalue weighted by molar-refractivity contribution is 5.89. The maximum atomic E-state index is 10.9. The fourth-order valence-electron chi connectivity index (χ4n) is 1.89. The van der Waals surface area contributed by atoms with E-state index in [2.05, 4.69) is 5.10 Å². The van der Waals surface area contributed by atoms with Gasteiger partial charge in [-0.25, -0.2) is 4.79 Å². The molecule has 0 saturated heterocycles. The van der Waals surface area contributed by atoms with E-state index in [4.69, 9.17) is 5.11 Å². The van der Waals surface area contributed by atoms with Crippen LogP contribution in [0.1, 0.15) is 22.8 Å². The zero-order chi connectivity index (χ0) is 12.4. The standard InChI is InChI=1S/C13H14N2O2/c1-3-15-12(9(2)8-14-15)10-5-4-6-11(7-10)13(16)17/h4-8H,3H2,1-2H3,(H,16,17). The summed E-state index contributed by atoms with van der Waals surface area (Å²) in [7, 11) is 0. The van der Waals surface area contributed by atoms with E-state index in [1.54, 1.807) is 24.4 Å². The van der Waals surface area contributed by atoms with E-state index in [-0.39, 0.29) is 0 Å². The molecule has 4 nitrogen and oxygen atoms in total. The molecule has 0 atom stereocenters. The molecule has 1 aromatic heterocycles. The second kappa shape index (κ2) is 4.41. The fourth-order valence-corrected chi connectivity index (χ4v) is 1.89. The van der Waals surface area contributed by atoms with Crippen LogP contribution in [0.4, 0.5) is 0 Å². The Morgan fingerprint density at radius 3 is 2.88 bits per heavy atom. The van der Waals surface area contributed by atoms with Crippen molar-refractivity contribution in [3.63, 3.8) is 0 Å². The molecule has 0 aliphatic heterocycles. The smallest absolute Gasteiger partial charge is 0.335 e. The summed E-state index contributed by atoms with van der Waals surface area (Å²) in [5, 5.41) is 13.2. The first-order chi connectivity index (χ1) is 8.13. The molecule has 0 unspecified atom stereocenters. The first-order valence-corrected chi connectivity index (χ1v) is 5.49. The second-order valence-electron chi connectivity index (χ2n) is 3.88. The minimum atomic E-state index is -0.910. The summed E-state index contributed by atoms with van der Waals surface area (Å²) in [5.41, 5.74) is 3.22. The molecule has 0 aliphatic rings. The summed E-state index contributed by atoms with van der Waals surface area (Å²) in [6, 6.07) is 6.93. The summed E-state index contributed by atoms with van der Waals surface area (Å²) in [4.78, 5) is 10.9. The van der Waals surface area contributed by atoms with Crippen LogP contribution in [0.5, 0.6) is 0 Å². The highest BCUT2D eigenvalue weighted by atomic mass is 16.4. The predicted molar refractivity (Wildman–Crippen MR) is 65.0 cm³/mol. The van der Waals surface area contributed by atoms with E-state index >= 15 is 0 Å². The van der Waals surface area contributed by atoms with Gasteiger partial charge >= 0.3 is 5.97 Å². The Balaban J connectivity index is 2.56. The molecule has 0 bridgehead atoms. The third kappa shape index (κ3) is 2.06. The zero-order valence-electron chi connectivity index (χ0n) is 9.84. The van der Waals surface area contributed by atoms with E-state index < -0.39 is 5.97 Å². The minimum Gasteiger partial charge on any atom is -0.478 e. The van der Waals surface area contributed by atoms with Crippen LogP contribution in [0.15, 0.2) is 30.5 Å². The zero-order valence-corrected chi connectivity index (χ0v) is 9.84. The van der Waals surface area contributed by atoms with Crippen molar-refractivity contribution in [3.8, 4) is 11.3 Å². The Kier molecular flexibility index (Phi) is 2.95. The number of carboxylic acid groups (broad SMARTS) is 1. The van der Waals surface area contributed by atoms with Gasteiger partial charge in [-0.05, 0) is 31.5 Å². The number of benzene rings is 1. The largest absolute Gasteiger partial charge is 0.478 e. The van der Waals surface area contributed by atoms with E-state index in [9.17, 15) is 4.79 Å². The number of carboxylic acids is 1. The number of aromatic nitrogens is 2. The topological polar surface area (TPSA) is 55.1 Å². The van der Waals surface area contributed by atoms with E-state index in [1.807, 2.05) is 24.6 Å². The van der Waals surface area contributed by atoms with Crippen LogP contribution >= 0.6 is 0 Å². The normalized spacial score (nSPS) is 10.5. The van der Waals surface area contributed by atoms with Crippen LogP contribution in [0.25, 0.3) is 11.3 Å². The van der Waals surface area contributed by atoms with Crippen molar-refractivity contribution in [2.24, 2.45) is 0 Å². The quantitative estimate of drug-likeness (QED) is 0.881. The summed E-state index contributed by atoms with van der Waals surface area (Å²) in [6.45, 7) is 4.75. The Labute approximate surface area is 99.5 Å². The van der Waals surface area contributed by atoms with Crippen LogP contribution < -0.4 is 0 Å². The van der Waals surface area contributed by atoms with Gasteiger partial charge in [-0.3, -0.25) is 4.68 Å². The van der Waals surface area contributed by atoms with E-state index in [0.29, 0.717) is 5.56 Å². The predicted octanol–water partition coefficient (Wildman–Crippen LogP) is 2.58. The van der Waals surface area contributed by atoms with Crippen molar-refractivity contribution in [3.05, 3.63) is 41.6 Å². The van der Waals surface area contributed by atoms with Crippen molar-refractivity contribution in [2.75, 3.05) is 0 Å². The molecular formula is C13H14N2O2. The van der Waals surface area contributed by atoms with Gasteiger partial charge in [0.2, 0.25) is 0 Å². The summed E-state index contributed by atoms with van der Waals surface area (Å²) in [6.07, 6.45) is 1.80. The molecular weight excluding hydrogens is 216 g/mol. The van der Waals surface area contributed by atoms with Crippen LogP contribution in [0.3, 0.4) is 0 Å². The lowest BCUT2D eigenvalue weighted by atomic mass is 10.1. The van der Waals surface area contributed by atoms with Gasteiger partial charge in [0, 0.05) is 12.1 Å². The van der Waals surface area contributed by atoms with Crippen molar-refractivity contribution in [1.29, 1.82) is 0 Å². The van der Waals surface area contributed by atoms with Crippen molar-refractivity contribution in [1.82, 2.24) is 9.78 Å². The summed E-state index contributed by atoms with van der Waals surface area (Å²) >= 11 is 0. The third-order valence-corrected chi connectivity index (χ3v) is 2.70. The number of nitrogens with zero attached hydrogens (tertiary/aromatic N) is 2. The number of rotatable bonds is 3. The van der Waals surface area contributed by atoms with Gasteiger partial charge in [0.05, 0.1) is 17.5 Å². The molecule has 88 valence electrons. The van der Waals surface area contributed by atoms with Crippen molar-refractivity contribution >= 4 is 5.97 Å². The molecule has 0 aliphatic carbocycles. The number of hydrogen-bond acceptors (Lipinski definition) is 2. The number of carbonyl (C=O) groups is 1. The average molecular weight is 230 g/mol. The number of aryl methyl sites for hydroxylation is 2. The van der Waals surface area contributed by atoms with Crippen molar-refractivity contribution in [2.45, 2.75) is 20.4 Å². The van der Waals surface area contributed by atoms with Crippen molar-refractivity contribution < 1.29 is 9.90 Å². The molecule has 17 heavy (non-hydrogen) atoms. The van der Waals surface area contributed by atoms with Crippen LogP contribution in [0, 0.1) is 6.92 Å². The monoisotopic (exact) mass is 230 g/mol. The van der Waals surface area contributed by atoms with Gasteiger partial charge < -0.3 is 5.11 Å². The molecule has 2 aromatic rings. The fraction of sp³-hybridized carbons (Fsp3) is 0.231. The van der Waals surface area contributed by atoms with E-state index in [1.165, 1.54) is 0 Å². The van der Waals surface area contributed by atoms with Gasteiger partial charge in [0.1, 0.15) is 0 Å². The minimum absolute atomic E-state index is 0.297. The van der Waals surface area contributed by atoms with E-state index in [0.717, 1.165) is 23.4 Å². The summed E-state index contributed by atoms with van der Waals surface area (Å²) < 4.78 is 1.87. The van der Waals surface area contributed by atoms with Crippen LogP contribution in [-0.4, -0.2) is 20.9 Å². The molecule has 1 heterocycles. The van der Waals surface area contributed by atoms with Crippen LogP contribution in [0.2, 0.25) is 0 Å². The molecule has 0 amide bonds. The first kappa shape index (κ1) is 11.4. The second-order valence-corrected chi connectivity index (χ2v) is 3.88. The molecule has 0 saturated carbocycles. The maximum Gasteiger partial charge on any atom is 0.335 e. The lowest BCUT2D eigenvalue weighted by Gasteiger charge is -2.07. The Bertz CT molecular complexity index is 558. The van der Waals surface area contributed by atoms with Crippen LogP contribution in [-0.2, 0) is 6.54 Å².